The molecule has 0 aliphatic carbocycles. The summed E-state index contributed by atoms with van der Waals surface area (Å²) in [5.74, 6) is 1.54. The summed E-state index contributed by atoms with van der Waals surface area (Å²) in [5, 5.41) is 2.66. The van der Waals surface area contributed by atoms with Gasteiger partial charge < -0.3 is 9.84 Å². The van der Waals surface area contributed by atoms with Gasteiger partial charge in [-0.3, -0.25) is 9.48 Å². The average Bonchev–Trinajstić information content (AvgIpc) is 2.97. The van der Waals surface area contributed by atoms with Gasteiger partial charge in [-0.05, 0) is 38.0 Å². The first-order chi connectivity index (χ1) is 11.9. The van der Waals surface area contributed by atoms with Crippen LogP contribution in [-0.4, -0.2) is 28.1 Å². The monoisotopic (exact) mass is 362 g/mol. The van der Waals surface area contributed by atoms with Gasteiger partial charge in [0.05, 0.1) is 16.0 Å². The Balaban J connectivity index is 2.30. The average molecular weight is 362 g/mol. The topological polar surface area (TPSA) is 64.1 Å². The van der Waals surface area contributed by atoms with Gasteiger partial charge in [-0.1, -0.05) is 0 Å². The third kappa shape index (κ3) is 2.68. The lowest BCUT2D eigenvalue weighted by Crippen LogP contribution is -2.22. The summed E-state index contributed by atoms with van der Waals surface area (Å²) in [6, 6.07) is 1.39. The maximum atomic E-state index is 14.8. The van der Waals surface area contributed by atoms with Crippen molar-refractivity contribution >= 4 is 17.7 Å². The number of benzene rings is 1. The largest absolute Gasteiger partial charge is 0.371 e. The van der Waals surface area contributed by atoms with Crippen LogP contribution in [-0.2, 0) is 16.1 Å². The molecule has 0 saturated heterocycles. The molecular weight excluding hydrogens is 343 g/mol. The van der Waals surface area contributed by atoms with Crippen molar-refractivity contribution < 1.29 is 13.9 Å². The van der Waals surface area contributed by atoms with Crippen LogP contribution < -0.4 is 5.56 Å². The van der Waals surface area contributed by atoms with Gasteiger partial charge in [0.25, 0.3) is 5.56 Å². The predicted octanol–water partition coefficient (Wildman–Crippen LogP) is 3.25. The summed E-state index contributed by atoms with van der Waals surface area (Å²) in [4.78, 5) is 24.3. The zero-order valence-electron chi connectivity index (χ0n) is 14.5. The lowest BCUT2D eigenvalue weighted by molar-refractivity contribution is 0.127. The van der Waals surface area contributed by atoms with Gasteiger partial charge in [-0.2, -0.15) is 0 Å². The molecule has 25 heavy (non-hydrogen) atoms. The Morgan fingerprint density at radius 1 is 1.44 bits per heavy atom. The van der Waals surface area contributed by atoms with Crippen LogP contribution in [0.4, 0.5) is 4.39 Å². The molecule has 7 heteroatoms. The van der Waals surface area contributed by atoms with Gasteiger partial charge in [0, 0.05) is 30.7 Å². The molecule has 2 atom stereocenters. The Hall–Kier alpha value is -2.08. The minimum absolute atomic E-state index is 0.207. The number of rotatable bonds is 3. The molecule has 1 aliphatic heterocycles. The van der Waals surface area contributed by atoms with Crippen molar-refractivity contribution in [3.8, 4) is 11.1 Å². The predicted molar refractivity (Wildman–Crippen MR) is 95.1 cm³/mol. The molecule has 0 spiro atoms. The van der Waals surface area contributed by atoms with Crippen LogP contribution in [0, 0.1) is 12.7 Å². The number of nitrogens with one attached hydrogen (secondary N) is 1. The lowest BCUT2D eigenvalue weighted by Gasteiger charge is -2.31. The molecule has 0 saturated carbocycles. The highest BCUT2D eigenvalue weighted by atomic mass is 32.2. The number of fused-ring (bicyclic) bond motifs is 1. The van der Waals surface area contributed by atoms with Crippen LogP contribution >= 0.6 is 11.8 Å². The number of aromatic nitrogens is 2. The molecule has 1 aliphatic rings. The number of hydrogen-bond acceptors (Lipinski definition) is 4. The van der Waals surface area contributed by atoms with Crippen LogP contribution in [0.25, 0.3) is 11.1 Å². The molecular formula is C18H19FN2O3S. The second-order valence-corrected chi connectivity index (χ2v) is 7.29. The van der Waals surface area contributed by atoms with Gasteiger partial charge in [-0.25, -0.2) is 9.18 Å². The lowest BCUT2D eigenvalue weighted by atomic mass is 9.90. The molecule has 1 aromatic carbocycles. The third-order valence-corrected chi connectivity index (χ3v) is 5.88. The van der Waals surface area contributed by atoms with Crippen LogP contribution in [0.1, 0.15) is 31.1 Å². The Morgan fingerprint density at radius 2 is 2.16 bits per heavy atom. The fraction of sp³-hybridized carbons (Fsp3) is 0.389. The molecule has 2 heterocycles. The molecule has 0 fully saturated rings. The van der Waals surface area contributed by atoms with Crippen LogP contribution in [0.5, 0.6) is 0 Å². The Bertz CT molecular complexity index is 941. The number of thioether (sulfide) groups is 1. The van der Waals surface area contributed by atoms with E-state index in [9.17, 15) is 14.0 Å². The summed E-state index contributed by atoms with van der Waals surface area (Å²) < 4.78 is 21.8. The minimum Gasteiger partial charge on any atom is -0.371 e. The van der Waals surface area contributed by atoms with Gasteiger partial charge in [0.2, 0.25) is 0 Å². The highest BCUT2D eigenvalue weighted by molar-refractivity contribution is 8.00. The van der Waals surface area contributed by atoms with Gasteiger partial charge in [0.15, 0.2) is 0 Å². The quantitative estimate of drug-likeness (QED) is 0.852. The summed E-state index contributed by atoms with van der Waals surface area (Å²) in [7, 11) is 1.48. The Labute approximate surface area is 148 Å². The number of ether oxygens (including phenoxy) is 1. The van der Waals surface area contributed by atoms with E-state index in [-0.39, 0.29) is 10.8 Å². The Morgan fingerprint density at radius 3 is 2.72 bits per heavy atom. The summed E-state index contributed by atoms with van der Waals surface area (Å²) in [5.41, 5.74) is 2.47. The SMILES string of the molecule is CCn1[nH]cc(-c2cc(F)c3c(c2C)C(OC)C(=C=O)C(C)S3)c1=O. The number of aromatic amines is 1. The first kappa shape index (κ1) is 17.7. The molecule has 0 amide bonds. The first-order valence-electron chi connectivity index (χ1n) is 8.00. The smallest absolute Gasteiger partial charge is 0.274 e. The second-order valence-electron chi connectivity index (χ2n) is 5.94. The van der Waals surface area contributed by atoms with Crippen molar-refractivity contribution in [3.63, 3.8) is 0 Å². The van der Waals surface area contributed by atoms with E-state index < -0.39 is 11.9 Å². The maximum Gasteiger partial charge on any atom is 0.274 e. The highest BCUT2D eigenvalue weighted by Gasteiger charge is 2.35. The van der Waals surface area contributed by atoms with Crippen LogP contribution in [0.3, 0.4) is 0 Å². The molecule has 132 valence electrons. The molecule has 1 aromatic heterocycles. The number of methoxy groups -OCH3 is 1. The number of halogens is 1. The summed E-state index contributed by atoms with van der Waals surface area (Å²) >= 11 is 1.28. The van der Waals surface area contributed by atoms with E-state index in [0.29, 0.717) is 33.7 Å². The minimum atomic E-state index is -0.662. The number of nitrogens with zero attached hydrogens (tertiary/aromatic N) is 1. The Kier molecular flexibility index (Phi) is 4.73. The summed E-state index contributed by atoms with van der Waals surface area (Å²) in [6.45, 7) is 6.00. The van der Waals surface area contributed by atoms with Gasteiger partial charge >= 0.3 is 0 Å². The van der Waals surface area contributed by atoms with E-state index in [1.54, 1.807) is 6.20 Å². The fourth-order valence-electron chi connectivity index (χ4n) is 3.29. The van der Waals surface area contributed by atoms with E-state index in [1.165, 1.54) is 29.6 Å². The zero-order valence-corrected chi connectivity index (χ0v) is 15.3. The molecule has 2 aromatic rings. The standard InChI is InChI=1S/C18H19FN2O3S/c1-5-21-18(23)12(7-20-21)11-6-14(19)17-15(9(11)2)16(24-4)13(8-22)10(3)25-17/h6-7,10,16,20H,5H2,1-4H3. The summed E-state index contributed by atoms with van der Waals surface area (Å²) in [6.07, 6.45) is 0.919. The van der Waals surface area contributed by atoms with E-state index >= 15 is 0 Å². The van der Waals surface area contributed by atoms with Crippen molar-refractivity contribution in [2.45, 2.75) is 43.6 Å². The van der Waals surface area contributed by atoms with Crippen molar-refractivity contribution in [1.29, 1.82) is 0 Å². The van der Waals surface area contributed by atoms with Crippen molar-refractivity contribution in [2.24, 2.45) is 0 Å². The molecule has 3 rings (SSSR count). The van der Waals surface area contributed by atoms with E-state index in [0.717, 1.165) is 5.56 Å². The van der Waals surface area contributed by atoms with E-state index in [4.69, 9.17) is 4.74 Å². The van der Waals surface area contributed by atoms with E-state index in [2.05, 4.69) is 5.10 Å². The first-order valence-corrected chi connectivity index (χ1v) is 8.88. The number of aryl methyl sites for hydroxylation is 1. The number of H-pyrrole nitrogens is 1. The second kappa shape index (κ2) is 6.67. The van der Waals surface area contributed by atoms with Crippen molar-refractivity contribution in [3.05, 3.63) is 45.1 Å². The van der Waals surface area contributed by atoms with Crippen molar-refractivity contribution in [2.75, 3.05) is 7.11 Å². The third-order valence-electron chi connectivity index (χ3n) is 4.62. The van der Waals surface area contributed by atoms with Gasteiger partial charge in [0.1, 0.15) is 17.9 Å². The van der Waals surface area contributed by atoms with Crippen molar-refractivity contribution in [1.82, 2.24) is 9.78 Å². The van der Waals surface area contributed by atoms with E-state index in [1.807, 2.05) is 26.7 Å². The molecule has 0 radical (unpaired) electrons. The molecule has 5 nitrogen and oxygen atoms in total. The van der Waals surface area contributed by atoms with Gasteiger partial charge in [-0.15, -0.1) is 11.8 Å². The fourth-order valence-corrected chi connectivity index (χ4v) is 4.50. The number of hydrogen-bond donors (Lipinski definition) is 1. The maximum absolute atomic E-state index is 14.8. The zero-order chi connectivity index (χ0) is 18.3. The van der Waals surface area contributed by atoms with Crippen LogP contribution in [0.2, 0.25) is 0 Å². The van der Waals surface area contributed by atoms with Crippen LogP contribution in [0.15, 0.2) is 27.5 Å². The normalized spacial score (nSPS) is 19.6. The molecule has 1 N–H and O–H groups in total. The molecule has 2 unspecified atom stereocenters. The number of carbonyl (C=O) groups excluding carboxylic acids is 1. The highest BCUT2D eigenvalue weighted by Crippen LogP contribution is 2.48. The molecule has 0 bridgehead atoms.